The second kappa shape index (κ2) is 3.89. The summed E-state index contributed by atoms with van der Waals surface area (Å²) in [6, 6.07) is 0. The minimum absolute atomic E-state index is 0.203. The summed E-state index contributed by atoms with van der Waals surface area (Å²) >= 11 is 6.47. The van der Waals surface area contributed by atoms with Gasteiger partial charge in [-0.05, 0) is 12.2 Å². The molecular weight excluding hydrogens is 220 g/mol. The highest BCUT2D eigenvalue weighted by Gasteiger charge is 2.01. The highest BCUT2D eigenvalue weighted by molar-refractivity contribution is 7.71. The van der Waals surface area contributed by atoms with Crippen molar-refractivity contribution in [3.05, 3.63) is 31.8 Å². The lowest BCUT2D eigenvalue weighted by Gasteiger charge is -1.96. The van der Waals surface area contributed by atoms with Crippen molar-refractivity contribution < 1.29 is 0 Å². The molecule has 0 aromatic carbocycles. The minimum atomic E-state index is -0.203. The van der Waals surface area contributed by atoms with Crippen LogP contribution in [0.15, 0.2) is 15.7 Å². The third-order valence-corrected chi connectivity index (χ3v) is 2.80. The lowest BCUT2D eigenvalue weighted by atomic mass is 10.3. The van der Waals surface area contributed by atoms with Gasteiger partial charge in [0, 0.05) is 18.3 Å². The standard InChI is InChI=1S/C7H8N4OS2/c12-6-9-10-7(13)11(6)2-1-5-3-14-4-8-5/h3-4H,1-2H2,(H,9,12)(H,10,13). The Hall–Kier alpha value is -1.21. The van der Waals surface area contributed by atoms with Gasteiger partial charge in [0.2, 0.25) is 0 Å². The van der Waals surface area contributed by atoms with Crippen LogP contribution in [-0.2, 0) is 13.0 Å². The Labute approximate surface area is 88.4 Å². The van der Waals surface area contributed by atoms with Crippen LogP contribution in [0.2, 0.25) is 0 Å². The summed E-state index contributed by atoms with van der Waals surface area (Å²) in [5.41, 5.74) is 2.55. The average Bonchev–Trinajstić information content (AvgIpc) is 2.76. The normalized spacial score (nSPS) is 10.6. The van der Waals surface area contributed by atoms with Gasteiger partial charge in [-0.1, -0.05) is 0 Å². The van der Waals surface area contributed by atoms with E-state index in [9.17, 15) is 4.79 Å². The SMILES string of the molecule is O=c1[nH][nH]c(=S)n1CCc1cscn1. The Kier molecular flexibility index (Phi) is 2.60. The molecule has 74 valence electrons. The second-order valence-corrected chi connectivity index (χ2v) is 3.85. The van der Waals surface area contributed by atoms with E-state index in [0.717, 1.165) is 12.1 Å². The van der Waals surface area contributed by atoms with Crippen LogP contribution in [-0.4, -0.2) is 19.7 Å². The fourth-order valence-corrected chi connectivity index (χ4v) is 1.94. The maximum Gasteiger partial charge on any atom is 0.342 e. The number of thiazole rings is 1. The van der Waals surface area contributed by atoms with Crippen LogP contribution < -0.4 is 5.69 Å². The molecule has 0 spiro atoms. The number of H-pyrrole nitrogens is 2. The molecule has 14 heavy (non-hydrogen) atoms. The van der Waals surface area contributed by atoms with E-state index in [2.05, 4.69) is 15.2 Å². The summed E-state index contributed by atoms with van der Waals surface area (Å²) in [4.78, 5) is 15.3. The molecule has 0 saturated heterocycles. The van der Waals surface area contributed by atoms with E-state index in [1.165, 1.54) is 4.57 Å². The molecule has 0 amide bonds. The third-order valence-electron chi connectivity index (χ3n) is 1.84. The van der Waals surface area contributed by atoms with Gasteiger partial charge in [0.05, 0.1) is 11.2 Å². The lowest BCUT2D eigenvalue weighted by Crippen LogP contribution is -2.18. The number of nitrogens with one attached hydrogen (secondary N) is 2. The van der Waals surface area contributed by atoms with Crippen molar-refractivity contribution in [3.63, 3.8) is 0 Å². The monoisotopic (exact) mass is 228 g/mol. The maximum atomic E-state index is 11.2. The summed E-state index contributed by atoms with van der Waals surface area (Å²) < 4.78 is 1.90. The van der Waals surface area contributed by atoms with Gasteiger partial charge in [0.15, 0.2) is 4.77 Å². The van der Waals surface area contributed by atoms with E-state index < -0.39 is 0 Å². The van der Waals surface area contributed by atoms with Gasteiger partial charge in [-0.3, -0.25) is 9.67 Å². The van der Waals surface area contributed by atoms with Crippen molar-refractivity contribution in [3.8, 4) is 0 Å². The number of hydrogen-bond acceptors (Lipinski definition) is 4. The zero-order valence-corrected chi connectivity index (χ0v) is 8.82. The summed E-state index contributed by atoms with van der Waals surface area (Å²) in [6.45, 7) is 0.557. The summed E-state index contributed by atoms with van der Waals surface area (Å²) in [5, 5.41) is 6.98. The van der Waals surface area contributed by atoms with Crippen molar-refractivity contribution in [1.29, 1.82) is 0 Å². The molecule has 0 aliphatic carbocycles. The van der Waals surface area contributed by atoms with Crippen molar-refractivity contribution in [2.24, 2.45) is 0 Å². The molecular formula is C7H8N4OS2. The van der Waals surface area contributed by atoms with Gasteiger partial charge in [-0.25, -0.2) is 14.9 Å². The zero-order chi connectivity index (χ0) is 9.97. The molecule has 0 saturated carbocycles. The average molecular weight is 228 g/mol. The van der Waals surface area contributed by atoms with Crippen LogP contribution in [0.4, 0.5) is 0 Å². The molecule has 0 radical (unpaired) electrons. The van der Waals surface area contributed by atoms with Crippen LogP contribution in [0.3, 0.4) is 0 Å². The first kappa shape index (κ1) is 9.35. The highest BCUT2D eigenvalue weighted by atomic mass is 32.1. The Morgan fingerprint density at radius 3 is 3.00 bits per heavy atom. The van der Waals surface area contributed by atoms with Gasteiger partial charge in [-0.2, -0.15) is 0 Å². The first-order valence-electron chi connectivity index (χ1n) is 4.02. The fourth-order valence-electron chi connectivity index (χ4n) is 1.12. The van der Waals surface area contributed by atoms with E-state index >= 15 is 0 Å². The van der Waals surface area contributed by atoms with Crippen LogP contribution in [0.25, 0.3) is 0 Å². The number of aromatic amines is 2. The van der Waals surface area contributed by atoms with E-state index in [1.807, 2.05) is 5.38 Å². The summed E-state index contributed by atoms with van der Waals surface area (Å²) in [6.07, 6.45) is 0.721. The smallest absolute Gasteiger partial charge is 0.272 e. The highest BCUT2D eigenvalue weighted by Crippen LogP contribution is 2.02. The zero-order valence-electron chi connectivity index (χ0n) is 7.19. The largest absolute Gasteiger partial charge is 0.342 e. The predicted molar refractivity (Wildman–Crippen MR) is 56.1 cm³/mol. The van der Waals surface area contributed by atoms with Crippen LogP contribution >= 0.6 is 23.6 Å². The molecule has 2 aromatic rings. The maximum absolute atomic E-state index is 11.2. The van der Waals surface area contributed by atoms with Crippen molar-refractivity contribution in [2.75, 3.05) is 0 Å². The Morgan fingerprint density at radius 2 is 2.43 bits per heavy atom. The predicted octanol–water partition coefficient (Wildman–Crippen LogP) is 0.933. The Balaban J connectivity index is 2.13. The van der Waals surface area contributed by atoms with Crippen LogP contribution in [0, 0.1) is 4.77 Å². The van der Waals surface area contributed by atoms with Crippen molar-refractivity contribution in [1.82, 2.24) is 19.7 Å². The molecule has 0 aliphatic rings. The van der Waals surface area contributed by atoms with Crippen molar-refractivity contribution in [2.45, 2.75) is 13.0 Å². The van der Waals surface area contributed by atoms with Gasteiger partial charge in [0.1, 0.15) is 0 Å². The van der Waals surface area contributed by atoms with E-state index in [4.69, 9.17) is 12.2 Å². The summed E-state index contributed by atoms with van der Waals surface area (Å²) in [5.74, 6) is 0. The molecule has 2 heterocycles. The Bertz CT molecular complexity index is 479. The number of rotatable bonds is 3. The third kappa shape index (κ3) is 1.83. The molecule has 0 aliphatic heterocycles. The number of hydrogen-bond donors (Lipinski definition) is 2. The molecule has 0 bridgehead atoms. The number of aryl methyl sites for hydroxylation is 1. The quantitative estimate of drug-likeness (QED) is 0.768. The number of aromatic nitrogens is 4. The van der Waals surface area contributed by atoms with Crippen molar-refractivity contribution >= 4 is 23.6 Å². The first-order valence-corrected chi connectivity index (χ1v) is 5.37. The molecule has 2 N–H and O–H groups in total. The van der Waals surface area contributed by atoms with Gasteiger partial charge >= 0.3 is 5.69 Å². The van der Waals surface area contributed by atoms with E-state index in [-0.39, 0.29) is 5.69 Å². The molecule has 0 unspecified atom stereocenters. The Morgan fingerprint density at radius 1 is 1.57 bits per heavy atom. The lowest BCUT2D eigenvalue weighted by molar-refractivity contribution is 0.656. The number of nitrogens with zero attached hydrogens (tertiary/aromatic N) is 2. The van der Waals surface area contributed by atoms with Crippen LogP contribution in [0.1, 0.15) is 5.69 Å². The molecule has 5 nitrogen and oxygen atoms in total. The van der Waals surface area contributed by atoms with Crippen LogP contribution in [0.5, 0.6) is 0 Å². The fraction of sp³-hybridized carbons (Fsp3) is 0.286. The summed E-state index contributed by atoms with van der Waals surface area (Å²) in [7, 11) is 0. The minimum Gasteiger partial charge on any atom is -0.272 e. The molecule has 7 heteroatoms. The topological polar surface area (TPSA) is 66.5 Å². The molecule has 0 atom stereocenters. The molecule has 2 aromatic heterocycles. The molecule has 2 rings (SSSR count). The molecule has 0 fully saturated rings. The first-order chi connectivity index (χ1) is 6.77. The van der Waals surface area contributed by atoms with Gasteiger partial charge < -0.3 is 0 Å². The van der Waals surface area contributed by atoms with Gasteiger partial charge in [-0.15, -0.1) is 11.3 Å². The second-order valence-electron chi connectivity index (χ2n) is 2.74. The van der Waals surface area contributed by atoms with E-state index in [1.54, 1.807) is 16.8 Å². The van der Waals surface area contributed by atoms with Gasteiger partial charge in [0.25, 0.3) is 0 Å². The van der Waals surface area contributed by atoms with E-state index in [0.29, 0.717) is 11.3 Å².